The Labute approximate surface area is 413 Å². The van der Waals surface area contributed by atoms with Gasteiger partial charge in [0.15, 0.2) is 0 Å². The summed E-state index contributed by atoms with van der Waals surface area (Å²) in [5.74, 6) is 7.03. The average molecular weight is 977 g/mol. The molecule has 5 aromatic rings. The molecule has 8 saturated carbocycles. The molecule has 6 heteroatoms. The summed E-state index contributed by atoms with van der Waals surface area (Å²) in [5.41, 5.74) is 11.7. The standard InChI is InChI=1S/C59H69NO4.2CH3.Zr/c1-5-7-18-63-46-14-9-12-44(28-46)54-52(36(3)20-48(56(54)61)58-30-38-22-39(31-58)24-40(23-38)32-58)50-16-11-17-51(60-50)53-37(4)21-49(59-33-41-25-42(34-59)27-43(26-41)35-59)57(62)55(53)45-13-10-15-47(29-45)64-19-8-6-2;;;/h9-17,20-21,28-29,38-43,61-62H,5-8,18-19,22-27,30-35H2,1-4H3;2*1H3;. The van der Waals surface area contributed by atoms with Gasteiger partial charge in [0.25, 0.3) is 0 Å². The van der Waals surface area contributed by atoms with Crippen LogP contribution in [0.25, 0.3) is 44.8 Å². The molecule has 0 amide bonds. The number of aromatic hydroxyl groups is 2. The number of unbranched alkanes of at least 4 members (excludes halogenated alkanes) is 2. The molecule has 0 radical (unpaired) electrons. The molecule has 2 N–H and O–H groups in total. The molecular formula is C61H75NO4Zr. The Hall–Kier alpha value is -3.89. The van der Waals surface area contributed by atoms with E-state index in [4.69, 9.17) is 14.5 Å². The second-order valence-electron chi connectivity index (χ2n) is 22.4. The fourth-order valence-corrected chi connectivity index (χ4v) is 15.4. The molecule has 0 aliphatic heterocycles. The summed E-state index contributed by atoms with van der Waals surface area (Å²) in [6, 6.07) is 27.8. The summed E-state index contributed by atoms with van der Waals surface area (Å²) in [6.07, 6.45) is 19.3. The van der Waals surface area contributed by atoms with Crippen LogP contribution in [0.5, 0.6) is 23.0 Å². The average Bonchev–Trinajstić information content (AvgIpc) is 3.30. The molecule has 0 atom stereocenters. The van der Waals surface area contributed by atoms with Crippen LogP contribution in [-0.2, 0) is 34.1 Å². The van der Waals surface area contributed by atoms with E-state index in [0.717, 1.165) is 140 Å². The normalized spacial score (nSPS) is 27.4. The van der Waals surface area contributed by atoms with E-state index in [1.165, 1.54) is 77.0 Å². The summed E-state index contributed by atoms with van der Waals surface area (Å²) in [4.78, 5) is 5.61. The van der Waals surface area contributed by atoms with Gasteiger partial charge in [-0.2, -0.15) is 0 Å². The first-order valence-electron chi connectivity index (χ1n) is 26.3. The van der Waals surface area contributed by atoms with E-state index in [1.54, 1.807) is 0 Å². The van der Waals surface area contributed by atoms with Crippen molar-refractivity contribution in [3.05, 3.63) is 101 Å². The number of nitrogens with zero attached hydrogens (tertiary/aromatic N) is 1. The second kappa shape index (κ2) is 19.5. The molecule has 67 heavy (non-hydrogen) atoms. The SMILES string of the molecule is CCCCOc1cccc(-c2c(O)c(C34CC5CC(CC(C5)C3)C4)cc(C)c2-c2cccc(-c3c(C)cc(C45CC6CC(CC(C6)C4)C5)c(O)c3-c3cccc(OCCCC)c3)n2)c1.[CH3][Zr][CH3]. The Kier molecular flexibility index (Phi) is 13.6. The van der Waals surface area contributed by atoms with Crippen molar-refractivity contribution >= 4 is 0 Å². The summed E-state index contributed by atoms with van der Waals surface area (Å²) in [5, 5.41) is 25.9. The molecule has 1 heterocycles. The molecule has 8 aliphatic rings. The molecule has 8 fully saturated rings. The van der Waals surface area contributed by atoms with Crippen molar-refractivity contribution < 1.29 is 42.9 Å². The van der Waals surface area contributed by atoms with Crippen LogP contribution in [0.3, 0.4) is 0 Å². The van der Waals surface area contributed by atoms with Crippen molar-refractivity contribution in [3.8, 4) is 67.8 Å². The Bertz CT molecular complexity index is 2350. The topological polar surface area (TPSA) is 71.8 Å². The number of benzene rings is 4. The molecule has 0 spiro atoms. The van der Waals surface area contributed by atoms with Gasteiger partial charge in [0.1, 0.15) is 23.0 Å². The van der Waals surface area contributed by atoms with E-state index < -0.39 is 0 Å². The fourth-order valence-electron chi connectivity index (χ4n) is 15.4. The number of aromatic nitrogens is 1. The molecule has 5 nitrogen and oxygen atoms in total. The van der Waals surface area contributed by atoms with Crippen LogP contribution >= 0.6 is 0 Å². The minimum atomic E-state index is 0.0121. The van der Waals surface area contributed by atoms with Gasteiger partial charge < -0.3 is 19.7 Å². The van der Waals surface area contributed by atoms with Crippen molar-refractivity contribution in [2.75, 3.05) is 13.2 Å². The third kappa shape index (κ3) is 8.98. The van der Waals surface area contributed by atoms with Crippen LogP contribution in [-0.4, -0.2) is 28.4 Å². The maximum atomic E-state index is 13.0. The van der Waals surface area contributed by atoms with Crippen LogP contribution in [0.15, 0.2) is 78.9 Å². The van der Waals surface area contributed by atoms with E-state index >= 15 is 0 Å². The van der Waals surface area contributed by atoms with Gasteiger partial charge >= 0.3 is 32.5 Å². The third-order valence-corrected chi connectivity index (χ3v) is 17.3. The molecule has 8 bridgehead atoms. The van der Waals surface area contributed by atoms with Gasteiger partial charge in [0, 0.05) is 33.4 Å². The van der Waals surface area contributed by atoms with Gasteiger partial charge in [-0.3, -0.25) is 0 Å². The van der Waals surface area contributed by atoms with Crippen LogP contribution in [0.2, 0.25) is 9.26 Å². The van der Waals surface area contributed by atoms with Crippen LogP contribution in [0, 0.1) is 49.4 Å². The van der Waals surface area contributed by atoms with Crippen LogP contribution in [0.4, 0.5) is 0 Å². The molecule has 8 aliphatic carbocycles. The molecule has 0 unspecified atom stereocenters. The zero-order valence-corrected chi connectivity index (χ0v) is 43.8. The van der Waals surface area contributed by atoms with Crippen molar-refractivity contribution in [2.24, 2.45) is 35.5 Å². The Morgan fingerprint density at radius 2 is 0.866 bits per heavy atom. The van der Waals surface area contributed by atoms with E-state index in [2.05, 4.69) is 104 Å². The second-order valence-corrected chi connectivity index (χ2v) is 24.9. The van der Waals surface area contributed by atoms with Gasteiger partial charge in [-0.25, -0.2) is 4.98 Å². The first-order chi connectivity index (χ1) is 32.5. The maximum absolute atomic E-state index is 13.0. The molecule has 352 valence electrons. The number of rotatable bonds is 14. The summed E-state index contributed by atoms with van der Waals surface area (Å²) >= 11 is 0.230. The first kappa shape index (κ1) is 46.8. The number of hydrogen-bond acceptors (Lipinski definition) is 5. The number of ether oxygens (including phenoxy) is 2. The van der Waals surface area contributed by atoms with Gasteiger partial charge in [0.2, 0.25) is 0 Å². The van der Waals surface area contributed by atoms with Crippen LogP contribution in [0.1, 0.15) is 139 Å². The van der Waals surface area contributed by atoms with Crippen molar-refractivity contribution in [1.82, 2.24) is 4.98 Å². The number of pyridine rings is 1. The molecular weight excluding hydrogens is 902 g/mol. The zero-order chi connectivity index (χ0) is 46.5. The number of phenols is 2. The Balaban J connectivity index is 0.00000171. The zero-order valence-electron chi connectivity index (χ0n) is 41.4. The van der Waals surface area contributed by atoms with E-state index in [9.17, 15) is 10.2 Å². The molecule has 13 rings (SSSR count). The predicted molar refractivity (Wildman–Crippen MR) is 271 cm³/mol. The fraction of sp³-hybridized carbons (Fsp3) is 0.525. The van der Waals surface area contributed by atoms with Crippen molar-refractivity contribution in [1.29, 1.82) is 0 Å². The van der Waals surface area contributed by atoms with Crippen molar-refractivity contribution in [3.63, 3.8) is 0 Å². The Morgan fingerprint density at radius 1 is 0.522 bits per heavy atom. The summed E-state index contributed by atoms with van der Waals surface area (Å²) < 4.78 is 17.2. The van der Waals surface area contributed by atoms with Gasteiger partial charge in [-0.15, -0.1) is 0 Å². The van der Waals surface area contributed by atoms with Gasteiger partial charge in [-0.1, -0.05) is 69.2 Å². The van der Waals surface area contributed by atoms with Gasteiger partial charge in [0.05, 0.1) is 24.6 Å². The quantitative estimate of drug-likeness (QED) is 0.109. The molecule has 4 aromatic carbocycles. The van der Waals surface area contributed by atoms with E-state index in [-0.39, 0.29) is 34.1 Å². The van der Waals surface area contributed by atoms with Crippen molar-refractivity contribution in [2.45, 2.75) is 151 Å². The number of phenolic OH excluding ortho intramolecular Hbond substituents is 2. The molecule has 1 aromatic heterocycles. The molecule has 0 saturated heterocycles. The number of hydrogen-bond donors (Lipinski definition) is 2. The van der Waals surface area contributed by atoms with Gasteiger partial charge in [-0.05, 0) is 209 Å². The third-order valence-electron chi connectivity index (χ3n) is 17.3. The Morgan fingerprint density at radius 3 is 1.21 bits per heavy atom. The van der Waals surface area contributed by atoms with E-state index in [1.807, 2.05) is 12.1 Å². The summed E-state index contributed by atoms with van der Waals surface area (Å²) in [6.45, 7) is 10.2. The predicted octanol–water partition coefficient (Wildman–Crippen LogP) is 16.2. The minimum absolute atomic E-state index is 0.0121. The number of aryl methyl sites for hydroxylation is 2. The van der Waals surface area contributed by atoms with Crippen LogP contribution < -0.4 is 9.47 Å². The monoisotopic (exact) mass is 975 g/mol. The van der Waals surface area contributed by atoms with E-state index in [0.29, 0.717) is 24.7 Å². The summed E-state index contributed by atoms with van der Waals surface area (Å²) in [7, 11) is 0. The first-order valence-corrected chi connectivity index (χ1v) is 31.2.